The van der Waals surface area contributed by atoms with Gasteiger partial charge in [0.15, 0.2) is 0 Å². The summed E-state index contributed by atoms with van der Waals surface area (Å²) in [7, 11) is 1.59. The number of anilines is 2. The third-order valence-corrected chi connectivity index (χ3v) is 2.45. The molecule has 0 radical (unpaired) electrons. The fourth-order valence-corrected chi connectivity index (χ4v) is 1.84. The number of aromatic nitrogens is 2. The van der Waals surface area contributed by atoms with E-state index in [1.54, 1.807) is 7.05 Å². The van der Waals surface area contributed by atoms with Gasteiger partial charge in [-0.1, -0.05) is 13.8 Å². The molecule has 1 aromatic heterocycles. The molecule has 1 heterocycles. The van der Waals surface area contributed by atoms with E-state index in [1.165, 1.54) is 6.33 Å². The number of rotatable bonds is 6. The lowest BCUT2D eigenvalue weighted by Gasteiger charge is -2.16. The Kier molecular flexibility index (Phi) is 4.82. The van der Waals surface area contributed by atoms with E-state index in [0.29, 0.717) is 5.92 Å². The summed E-state index contributed by atoms with van der Waals surface area (Å²) >= 11 is 0. The zero-order valence-corrected chi connectivity index (χ0v) is 11.1. The van der Waals surface area contributed by atoms with Gasteiger partial charge < -0.3 is 10.6 Å². The lowest BCUT2D eigenvalue weighted by molar-refractivity contribution is -0.383. The summed E-state index contributed by atoms with van der Waals surface area (Å²) in [6.45, 7) is 6.18. The van der Waals surface area contributed by atoms with Crippen molar-refractivity contribution in [2.45, 2.75) is 33.2 Å². The first-order chi connectivity index (χ1) is 8.45. The van der Waals surface area contributed by atoms with Crippen molar-refractivity contribution in [1.82, 2.24) is 9.97 Å². The van der Waals surface area contributed by atoms with E-state index < -0.39 is 4.92 Å². The number of nitrogens with one attached hydrogen (secondary N) is 2. The van der Waals surface area contributed by atoms with Crippen LogP contribution in [0.2, 0.25) is 0 Å². The first kappa shape index (κ1) is 14.1. The second-order valence-corrected chi connectivity index (χ2v) is 4.60. The topological polar surface area (TPSA) is 93.0 Å². The summed E-state index contributed by atoms with van der Waals surface area (Å²) in [5.41, 5.74) is -0.115. The number of nitro groups is 1. The summed E-state index contributed by atoms with van der Waals surface area (Å²) in [6.07, 6.45) is 2.22. The van der Waals surface area contributed by atoms with Crippen LogP contribution in [0.4, 0.5) is 17.3 Å². The highest BCUT2D eigenvalue weighted by Crippen LogP contribution is 2.29. The minimum absolute atomic E-state index is 0.114. The molecule has 18 heavy (non-hydrogen) atoms. The van der Waals surface area contributed by atoms with Gasteiger partial charge in [0, 0.05) is 13.1 Å². The van der Waals surface area contributed by atoms with E-state index in [9.17, 15) is 10.1 Å². The van der Waals surface area contributed by atoms with E-state index in [2.05, 4.69) is 34.4 Å². The van der Waals surface area contributed by atoms with Crippen LogP contribution >= 0.6 is 0 Å². The number of hydrogen-bond acceptors (Lipinski definition) is 6. The van der Waals surface area contributed by atoms with Crippen LogP contribution in [0, 0.1) is 16.0 Å². The molecular formula is C11H19N5O2. The van der Waals surface area contributed by atoms with Crippen molar-refractivity contribution in [3.8, 4) is 0 Å². The van der Waals surface area contributed by atoms with Crippen LogP contribution < -0.4 is 10.6 Å². The number of hydrogen-bond donors (Lipinski definition) is 2. The molecule has 1 rings (SSSR count). The van der Waals surface area contributed by atoms with E-state index in [-0.39, 0.29) is 23.4 Å². The molecule has 0 aliphatic rings. The maximum Gasteiger partial charge on any atom is 0.353 e. The molecule has 0 aliphatic carbocycles. The van der Waals surface area contributed by atoms with E-state index in [1.807, 2.05) is 6.92 Å². The van der Waals surface area contributed by atoms with Gasteiger partial charge in [-0.25, -0.2) is 9.97 Å². The van der Waals surface area contributed by atoms with Gasteiger partial charge >= 0.3 is 5.69 Å². The average molecular weight is 253 g/mol. The van der Waals surface area contributed by atoms with Gasteiger partial charge in [-0.3, -0.25) is 10.1 Å². The van der Waals surface area contributed by atoms with Crippen LogP contribution in [0.1, 0.15) is 27.2 Å². The minimum Gasteiger partial charge on any atom is -0.367 e. The SMILES string of the molecule is CNc1ncnc(NC(C)CC(C)C)c1[N+](=O)[O-]. The molecule has 1 aromatic rings. The van der Waals surface area contributed by atoms with Gasteiger partial charge in [-0.2, -0.15) is 0 Å². The Hall–Kier alpha value is -1.92. The number of nitrogens with zero attached hydrogens (tertiary/aromatic N) is 3. The maximum atomic E-state index is 11.1. The lowest BCUT2D eigenvalue weighted by atomic mass is 10.1. The Balaban J connectivity index is 2.98. The van der Waals surface area contributed by atoms with Crippen molar-refractivity contribution in [1.29, 1.82) is 0 Å². The summed E-state index contributed by atoms with van der Waals surface area (Å²) in [4.78, 5) is 18.4. The third-order valence-electron chi connectivity index (χ3n) is 2.45. The molecule has 7 nitrogen and oxygen atoms in total. The van der Waals surface area contributed by atoms with Crippen molar-refractivity contribution in [2.75, 3.05) is 17.7 Å². The quantitative estimate of drug-likeness (QED) is 0.596. The molecule has 0 saturated heterocycles. The van der Waals surface area contributed by atoms with E-state index in [0.717, 1.165) is 6.42 Å². The summed E-state index contributed by atoms with van der Waals surface area (Å²) < 4.78 is 0. The molecule has 0 bridgehead atoms. The smallest absolute Gasteiger partial charge is 0.353 e. The van der Waals surface area contributed by atoms with Gasteiger partial charge in [0.1, 0.15) is 6.33 Å². The van der Waals surface area contributed by atoms with Crippen LogP contribution in [0.25, 0.3) is 0 Å². The van der Waals surface area contributed by atoms with Crippen LogP contribution in [-0.2, 0) is 0 Å². The Morgan fingerprint density at radius 1 is 1.33 bits per heavy atom. The Labute approximate surface area is 106 Å². The predicted octanol–water partition coefficient (Wildman–Crippen LogP) is 2.27. The largest absolute Gasteiger partial charge is 0.367 e. The van der Waals surface area contributed by atoms with Gasteiger partial charge in [-0.15, -0.1) is 0 Å². The molecule has 1 unspecified atom stereocenters. The van der Waals surface area contributed by atoms with Gasteiger partial charge in [0.2, 0.25) is 11.6 Å². The van der Waals surface area contributed by atoms with Crippen LogP contribution in [-0.4, -0.2) is 28.0 Å². The second-order valence-electron chi connectivity index (χ2n) is 4.60. The molecule has 2 N–H and O–H groups in total. The van der Waals surface area contributed by atoms with Crippen LogP contribution in [0.15, 0.2) is 6.33 Å². The van der Waals surface area contributed by atoms with Crippen molar-refractivity contribution in [3.63, 3.8) is 0 Å². The van der Waals surface area contributed by atoms with E-state index in [4.69, 9.17) is 0 Å². The molecule has 1 atom stereocenters. The summed E-state index contributed by atoms with van der Waals surface area (Å²) in [6, 6.07) is 0.114. The second kappa shape index (κ2) is 6.13. The average Bonchev–Trinajstić information content (AvgIpc) is 2.26. The minimum atomic E-state index is -0.476. The standard InChI is InChI=1S/C11H19N5O2/c1-7(2)5-8(3)15-11-9(16(17)18)10(12-4)13-6-14-11/h6-8H,5H2,1-4H3,(H2,12,13,14,15). The molecule has 0 spiro atoms. The Morgan fingerprint density at radius 2 is 1.94 bits per heavy atom. The fraction of sp³-hybridized carbons (Fsp3) is 0.636. The van der Waals surface area contributed by atoms with Gasteiger partial charge in [0.25, 0.3) is 0 Å². The summed E-state index contributed by atoms with van der Waals surface area (Å²) in [5, 5.41) is 16.8. The highest BCUT2D eigenvalue weighted by molar-refractivity contribution is 5.69. The first-order valence-corrected chi connectivity index (χ1v) is 5.89. The van der Waals surface area contributed by atoms with Crippen molar-refractivity contribution < 1.29 is 4.92 Å². The first-order valence-electron chi connectivity index (χ1n) is 5.89. The van der Waals surface area contributed by atoms with Crippen molar-refractivity contribution in [3.05, 3.63) is 16.4 Å². The van der Waals surface area contributed by atoms with Crippen molar-refractivity contribution in [2.24, 2.45) is 5.92 Å². The van der Waals surface area contributed by atoms with Crippen LogP contribution in [0.5, 0.6) is 0 Å². The zero-order chi connectivity index (χ0) is 13.7. The monoisotopic (exact) mass is 253 g/mol. The molecule has 0 aromatic carbocycles. The lowest BCUT2D eigenvalue weighted by Crippen LogP contribution is -2.19. The Morgan fingerprint density at radius 3 is 2.44 bits per heavy atom. The molecule has 0 amide bonds. The normalized spacial score (nSPS) is 12.3. The van der Waals surface area contributed by atoms with Gasteiger partial charge in [0.05, 0.1) is 4.92 Å². The van der Waals surface area contributed by atoms with Crippen molar-refractivity contribution >= 4 is 17.3 Å². The maximum absolute atomic E-state index is 11.1. The Bertz CT molecular complexity index is 422. The highest BCUT2D eigenvalue weighted by Gasteiger charge is 2.23. The molecular weight excluding hydrogens is 234 g/mol. The third kappa shape index (κ3) is 3.54. The predicted molar refractivity (Wildman–Crippen MR) is 70.8 cm³/mol. The zero-order valence-electron chi connectivity index (χ0n) is 11.1. The summed E-state index contributed by atoms with van der Waals surface area (Å²) in [5.74, 6) is 0.985. The fourth-order valence-electron chi connectivity index (χ4n) is 1.84. The highest BCUT2D eigenvalue weighted by atomic mass is 16.6. The molecule has 0 aliphatic heterocycles. The van der Waals surface area contributed by atoms with Gasteiger partial charge in [-0.05, 0) is 19.3 Å². The molecule has 0 saturated carbocycles. The van der Waals surface area contributed by atoms with Crippen LogP contribution in [0.3, 0.4) is 0 Å². The molecule has 7 heteroatoms. The molecule has 100 valence electrons. The van der Waals surface area contributed by atoms with E-state index >= 15 is 0 Å². The molecule has 0 fully saturated rings.